The highest BCUT2D eigenvalue weighted by atomic mass is 32.1. The second-order valence-corrected chi connectivity index (χ2v) is 4.81. The van der Waals surface area contributed by atoms with Crippen molar-refractivity contribution >= 4 is 21.6 Å². The average molecular weight is 304 g/mol. The van der Waals surface area contributed by atoms with Gasteiger partial charge in [-0.25, -0.2) is 4.79 Å². The van der Waals surface area contributed by atoms with E-state index >= 15 is 0 Å². The summed E-state index contributed by atoms with van der Waals surface area (Å²) in [6, 6.07) is 15.3. The predicted octanol–water partition coefficient (Wildman–Crippen LogP) is 5.10. The Morgan fingerprint density at radius 2 is 1.81 bits per heavy atom. The van der Waals surface area contributed by atoms with Gasteiger partial charge in [-0.05, 0) is 17.7 Å². The van der Waals surface area contributed by atoms with Gasteiger partial charge in [-0.1, -0.05) is 62.9 Å². The molecule has 0 N–H and O–H groups in total. The van der Waals surface area contributed by atoms with Crippen molar-refractivity contribution in [2.75, 3.05) is 0 Å². The highest BCUT2D eigenvalue weighted by Crippen LogP contribution is 2.23. The number of hydrogen-bond donors (Lipinski definition) is 0. The van der Waals surface area contributed by atoms with E-state index < -0.39 is 0 Å². The normalized spacial score (nSPS) is 9.43. The van der Waals surface area contributed by atoms with Crippen molar-refractivity contribution in [2.24, 2.45) is 0 Å². The molecule has 3 rings (SSSR count). The van der Waals surface area contributed by atoms with Crippen molar-refractivity contribution in [2.45, 2.75) is 27.9 Å². The van der Waals surface area contributed by atoms with Crippen LogP contribution in [-0.2, 0) is 6.61 Å². The molecular formula is C17H20O3S. The molecule has 0 amide bonds. The third kappa shape index (κ3) is 4.46. The molecule has 0 aliphatic heterocycles. The highest BCUT2D eigenvalue weighted by molar-refractivity contribution is 7.16. The number of benzene rings is 2. The van der Waals surface area contributed by atoms with Crippen molar-refractivity contribution in [3.05, 3.63) is 63.8 Å². The van der Waals surface area contributed by atoms with Crippen LogP contribution in [0.5, 0.6) is 5.75 Å². The molecular weight excluding hydrogens is 284 g/mol. The van der Waals surface area contributed by atoms with E-state index in [-0.39, 0.29) is 12.4 Å². The lowest BCUT2D eigenvalue weighted by atomic mass is 10.2. The lowest BCUT2D eigenvalue weighted by molar-refractivity contribution is 0.306. The summed E-state index contributed by atoms with van der Waals surface area (Å²) >= 11 is 1.09. The Kier molecular flexibility index (Phi) is 6.69. The Morgan fingerprint density at radius 1 is 1.10 bits per heavy atom. The van der Waals surface area contributed by atoms with Crippen molar-refractivity contribution < 1.29 is 9.15 Å². The average Bonchev–Trinajstić information content (AvgIpc) is 2.87. The van der Waals surface area contributed by atoms with Crippen molar-refractivity contribution in [3.8, 4) is 5.75 Å². The number of ether oxygens (including phenoxy) is 1. The molecule has 21 heavy (non-hydrogen) atoms. The topological polar surface area (TPSA) is 39.4 Å². The van der Waals surface area contributed by atoms with Gasteiger partial charge in [0.15, 0.2) is 0 Å². The molecule has 4 heteroatoms. The summed E-state index contributed by atoms with van der Waals surface area (Å²) in [4.78, 5) is 10.8. The van der Waals surface area contributed by atoms with E-state index in [4.69, 9.17) is 9.15 Å². The first-order valence-electron chi connectivity index (χ1n) is 6.52. The number of fused-ring (bicyclic) bond motifs is 1. The van der Waals surface area contributed by atoms with Gasteiger partial charge in [-0.3, -0.25) is 0 Å². The second-order valence-electron chi connectivity index (χ2n) is 3.84. The van der Waals surface area contributed by atoms with Crippen LogP contribution in [0.1, 0.15) is 26.8 Å². The van der Waals surface area contributed by atoms with E-state index in [0.29, 0.717) is 12.2 Å². The fourth-order valence-corrected chi connectivity index (χ4v) is 2.38. The molecule has 0 unspecified atom stereocenters. The Bertz CT molecular complexity index is 713. The third-order valence-corrected chi connectivity index (χ3v) is 3.34. The molecule has 3 nitrogen and oxygen atoms in total. The maximum Gasteiger partial charge on any atom is 0.396 e. The van der Waals surface area contributed by atoms with Crippen molar-refractivity contribution in [3.63, 3.8) is 0 Å². The summed E-state index contributed by atoms with van der Waals surface area (Å²) in [5.41, 5.74) is 1.72. The first-order valence-corrected chi connectivity index (χ1v) is 7.33. The zero-order valence-electron chi connectivity index (χ0n) is 11.5. The number of hydrogen-bond acceptors (Lipinski definition) is 4. The first-order chi connectivity index (χ1) is 9.81. The molecule has 0 aliphatic carbocycles. The molecule has 3 aromatic rings. The van der Waals surface area contributed by atoms with Gasteiger partial charge in [-0.15, -0.1) is 0 Å². The zero-order chi connectivity index (χ0) is 14.4. The summed E-state index contributed by atoms with van der Waals surface area (Å²) in [7, 11) is 0. The third-order valence-electron chi connectivity index (χ3n) is 2.55. The van der Waals surface area contributed by atoms with Gasteiger partial charge in [0.05, 0.1) is 4.70 Å². The summed E-state index contributed by atoms with van der Waals surface area (Å²) in [6.45, 7) is 4.51. The minimum atomic E-state index is -0.287. The van der Waals surface area contributed by atoms with Gasteiger partial charge in [0.1, 0.15) is 17.9 Å². The minimum absolute atomic E-state index is 0. The summed E-state index contributed by atoms with van der Waals surface area (Å²) < 4.78 is 11.5. The molecule has 112 valence electrons. The maximum atomic E-state index is 11.1. The fourth-order valence-electron chi connectivity index (χ4n) is 1.68. The fraction of sp³-hybridized carbons (Fsp3) is 0.235. The second kappa shape index (κ2) is 8.27. The molecule has 0 bridgehead atoms. The minimum Gasteiger partial charge on any atom is -0.489 e. The van der Waals surface area contributed by atoms with E-state index in [9.17, 15) is 4.79 Å². The Morgan fingerprint density at radius 3 is 2.52 bits per heavy atom. The molecule has 2 aromatic carbocycles. The monoisotopic (exact) mass is 304 g/mol. The molecule has 1 heterocycles. The van der Waals surface area contributed by atoms with Gasteiger partial charge in [-0.2, -0.15) is 0 Å². The zero-order valence-corrected chi connectivity index (χ0v) is 12.3. The summed E-state index contributed by atoms with van der Waals surface area (Å²) in [5, 5.41) is 0. The van der Waals surface area contributed by atoms with Gasteiger partial charge in [0, 0.05) is 6.07 Å². The molecule has 0 spiro atoms. The molecule has 0 atom stereocenters. The first kappa shape index (κ1) is 17.0. The van der Waals surface area contributed by atoms with Gasteiger partial charge in [0.25, 0.3) is 0 Å². The smallest absolute Gasteiger partial charge is 0.396 e. The van der Waals surface area contributed by atoms with Crippen LogP contribution in [0.3, 0.4) is 0 Å². The van der Waals surface area contributed by atoms with E-state index in [1.807, 2.05) is 50.2 Å². The van der Waals surface area contributed by atoms with Crippen LogP contribution in [0, 0.1) is 0 Å². The quantitative estimate of drug-likeness (QED) is 0.676. The Balaban J connectivity index is 0.000000706. The van der Waals surface area contributed by atoms with E-state index in [0.717, 1.165) is 27.3 Å². The van der Waals surface area contributed by atoms with Gasteiger partial charge in [0.2, 0.25) is 0 Å². The van der Waals surface area contributed by atoms with E-state index in [1.54, 1.807) is 12.1 Å². The van der Waals surface area contributed by atoms with Crippen LogP contribution in [0.4, 0.5) is 0 Å². The highest BCUT2D eigenvalue weighted by Gasteiger charge is 2.03. The molecule has 0 radical (unpaired) electrons. The van der Waals surface area contributed by atoms with Gasteiger partial charge < -0.3 is 9.15 Å². The summed E-state index contributed by atoms with van der Waals surface area (Å²) in [6.07, 6.45) is 0. The number of rotatable bonds is 3. The molecule has 0 saturated heterocycles. The van der Waals surface area contributed by atoms with Gasteiger partial charge >= 0.3 is 4.94 Å². The summed E-state index contributed by atoms with van der Waals surface area (Å²) in [5.74, 6) is 0.739. The van der Waals surface area contributed by atoms with Crippen molar-refractivity contribution in [1.29, 1.82) is 0 Å². The van der Waals surface area contributed by atoms with Crippen LogP contribution < -0.4 is 9.68 Å². The Labute approximate surface area is 128 Å². The van der Waals surface area contributed by atoms with Crippen molar-refractivity contribution in [1.82, 2.24) is 0 Å². The van der Waals surface area contributed by atoms with Crippen LogP contribution in [-0.4, -0.2) is 0 Å². The lowest BCUT2D eigenvalue weighted by Gasteiger charge is -2.05. The van der Waals surface area contributed by atoms with E-state index in [1.165, 1.54) is 0 Å². The largest absolute Gasteiger partial charge is 0.489 e. The van der Waals surface area contributed by atoms with E-state index in [2.05, 4.69) is 0 Å². The molecule has 0 saturated carbocycles. The molecule has 1 aromatic heterocycles. The predicted molar refractivity (Wildman–Crippen MR) is 89.2 cm³/mol. The lowest BCUT2D eigenvalue weighted by Crippen LogP contribution is -1.94. The maximum absolute atomic E-state index is 11.1. The SMILES string of the molecule is C.CC.O=c1oc2ccc(OCc3ccccc3)cc2s1. The molecule has 0 aliphatic rings. The molecule has 0 fully saturated rings. The van der Waals surface area contributed by atoms with Crippen LogP contribution in [0.25, 0.3) is 10.3 Å². The Hall–Kier alpha value is -2.07. The van der Waals surface area contributed by atoms with Crippen LogP contribution in [0.15, 0.2) is 57.7 Å². The standard InChI is InChI=1S/C14H10O3S.C2H6.CH4/c15-14-17-12-7-6-11(8-13(12)18-14)16-9-10-4-2-1-3-5-10;1-2;/h1-8H,9H2;1-2H3;1H4. The van der Waals surface area contributed by atoms with Crippen LogP contribution >= 0.6 is 11.3 Å². The van der Waals surface area contributed by atoms with Crippen LogP contribution in [0.2, 0.25) is 0 Å².